The quantitative estimate of drug-likeness (QED) is 0.0704. The molecule has 0 atom stereocenters. The molecule has 17 rings (SSSR count). The van der Waals surface area contributed by atoms with E-state index in [4.69, 9.17) is 4.98 Å². The Labute approximate surface area is 695 Å². The first kappa shape index (κ1) is 83.0. The molecule has 8 heterocycles. The van der Waals surface area contributed by atoms with Crippen LogP contribution in [0.5, 0.6) is 0 Å². The van der Waals surface area contributed by atoms with Gasteiger partial charge in [0.25, 0.3) is 0 Å². The molecule has 0 aliphatic carbocycles. The third-order valence-corrected chi connectivity index (χ3v) is 17.7. The number of para-hydroxylation sites is 3. The van der Waals surface area contributed by atoms with Crippen LogP contribution in [-0.4, -0.2) is 59.0 Å². The van der Waals surface area contributed by atoms with Crippen molar-refractivity contribution >= 4 is 56.3 Å². The molecule has 0 unspecified atom stereocenters. The second-order valence-electron chi connectivity index (χ2n) is 24.3. The van der Waals surface area contributed by atoms with Gasteiger partial charge in [-0.3, -0.25) is 40.9 Å². The first-order valence-corrected chi connectivity index (χ1v) is 34.0. The number of aryl methyl sites for hydroxylation is 8. The zero-order valence-electron chi connectivity index (χ0n) is 59.3. The number of aliphatic imine (C=N–C) groups is 1. The predicted octanol–water partition coefficient (Wildman–Crippen LogP) is 19.5. The number of imidazole rings is 3. The maximum atomic E-state index is 10.2. The normalized spacial score (nSPS) is 10.9. The van der Waals surface area contributed by atoms with Gasteiger partial charge in [0.05, 0.1) is 23.2 Å². The molecule has 107 heavy (non-hydrogen) atoms. The monoisotopic (exact) mass is 2310 g/mol. The Morgan fingerprint density at radius 3 is 1.51 bits per heavy atom. The van der Waals surface area contributed by atoms with Crippen LogP contribution in [0.2, 0.25) is 0 Å². The van der Waals surface area contributed by atoms with Gasteiger partial charge in [-0.1, -0.05) is 95.4 Å². The van der Waals surface area contributed by atoms with Crippen molar-refractivity contribution in [2.45, 2.75) is 55.4 Å². The molecule has 21 heteroatoms. The molecule has 7 aromatic heterocycles. The number of aromatic nitrogens is 11. The maximum Gasteiger partial charge on any atom is 0.240 e. The number of isocyanates is 1. The zero-order chi connectivity index (χ0) is 70.5. The first-order valence-electron chi connectivity index (χ1n) is 33.1. The van der Waals surface area contributed by atoms with Crippen molar-refractivity contribution in [3.05, 3.63) is 355 Å². The summed E-state index contributed by atoms with van der Waals surface area (Å²) in [4.78, 5) is 39.1. The van der Waals surface area contributed by atoms with Gasteiger partial charge in [0, 0.05) is 184 Å². The van der Waals surface area contributed by atoms with Crippen molar-refractivity contribution in [3.8, 4) is 62.7 Å². The molecule has 0 saturated heterocycles. The van der Waals surface area contributed by atoms with Crippen LogP contribution in [0.3, 0.4) is 0 Å². The largest absolute Gasteiger partial charge is 0.509 e. The molecule has 0 fully saturated rings. The molecule has 547 valence electrons. The molecule has 0 spiro atoms. The second kappa shape index (κ2) is 39.3. The second-order valence-corrected chi connectivity index (χ2v) is 25.0. The van der Waals surface area contributed by atoms with E-state index in [0.29, 0.717) is 11.5 Å². The van der Waals surface area contributed by atoms with Crippen LogP contribution >= 0.6 is 11.3 Å². The number of nitrogens with zero attached hydrogens (tertiary/aromatic N) is 14. The zero-order valence-corrected chi connectivity index (χ0v) is 72.1. The molecule has 0 N–H and O–H groups in total. The van der Waals surface area contributed by atoms with Gasteiger partial charge in [-0.05, 0) is 166 Å². The standard InChI is InChI=1S/C30H24N3.C18H17N2.C17H15N2.C14H9N3OS.C7H5N4.5Ir/c1-20-17-21(2)29(22(3)18-20)32-16-15-31-30(32)23-13-14-28-26(19-23)25-11-7-8-12-27(25)33(28)24-9-5-4-6-10-24;1-13-11-14(2)17(15(3)12-13)20-10-9-19-18(20)16-7-5-4-6-8-16;1-13-7-6-8-14(2)16(13)19-12-11-18-17(19)15-9-4-3-5-10-15;18-10-15-12-1-3-13(4-2-12)16-6-7-17(11-16)14-5-8-19-9-14;1-3-10-11(5-1)7-2-4-8-6-9-7;;;;;/h4-12,14-19H,1-3H3;4-7,9-12H,1-3H3;3-9,11-12H,1-2H3;1-4,6-9,11H;1,3-6H;;;;;/q3*-1;-2;-1;;;;;. The Kier molecular flexibility index (Phi) is 30.5. The van der Waals surface area contributed by atoms with Gasteiger partial charge < -0.3 is 34.1 Å². The minimum absolute atomic E-state index is 0. The summed E-state index contributed by atoms with van der Waals surface area (Å²) in [7, 11) is 0. The first-order chi connectivity index (χ1) is 49.9. The molecule has 1 aliphatic rings. The number of carbonyl (C=O) groups excluding carboxylic acids is 1. The molecule has 0 bridgehead atoms. The van der Waals surface area contributed by atoms with Gasteiger partial charge in [-0.2, -0.15) is 15.8 Å². The summed E-state index contributed by atoms with van der Waals surface area (Å²) in [5.41, 5.74) is 22.8. The van der Waals surface area contributed by atoms with Crippen LogP contribution in [0.25, 0.3) is 84.5 Å². The van der Waals surface area contributed by atoms with Crippen LogP contribution in [0.1, 0.15) is 44.5 Å². The summed E-state index contributed by atoms with van der Waals surface area (Å²) in [6, 6.07) is 79.7. The molecule has 1 aliphatic heterocycles. The summed E-state index contributed by atoms with van der Waals surface area (Å²) < 4.78 is 10.4. The van der Waals surface area contributed by atoms with Gasteiger partial charge >= 0.3 is 0 Å². The third-order valence-electron chi connectivity index (χ3n) is 17.0. The number of hydrogen-bond acceptors (Lipinski definition) is 11. The van der Waals surface area contributed by atoms with Crippen molar-refractivity contribution in [1.29, 1.82) is 0 Å². The SMILES string of the molecule is Cc1cc(C)c(-n2ccnc2-c2[c-]cc3c(c2)c2ccccc2n3-c2ccccc2)c(C)c1.Cc1cc(C)c(-n2ccnc2-c2[c-]cccc2)c(C)c1.Cc1cccc(C)c1-n1ccnc1-c1[c-]cccc1.O=C=Nc1ccc(N2C=CN(c3[c-]csc3)[CH-]2)cc1.[Ir].[Ir].[Ir].[Ir].[Ir].[c-]1cncnc1-n1cccn1. The van der Waals surface area contributed by atoms with E-state index in [-0.39, 0.29) is 101 Å². The number of anilines is 2. The fraction of sp³-hybridized carbons (Fsp3) is 0.0930. The van der Waals surface area contributed by atoms with Gasteiger partial charge in [0.15, 0.2) is 0 Å². The summed E-state index contributed by atoms with van der Waals surface area (Å²) >= 11 is 1.61. The predicted molar refractivity (Wildman–Crippen MR) is 410 cm³/mol. The molecule has 0 amide bonds. The summed E-state index contributed by atoms with van der Waals surface area (Å²) in [6.07, 6.45) is 23.6. The summed E-state index contributed by atoms with van der Waals surface area (Å²) in [5, 5.41) is 10.4. The van der Waals surface area contributed by atoms with Gasteiger partial charge in [0.2, 0.25) is 6.08 Å². The van der Waals surface area contributed by atoms with E-state index in [1.807, 2.05) is 144 Å². The van der Waals surface area contributed by atoms with Crippen molar-refractivity contribution in [3.63, 3.8) is 0 Å². The van der Waals surface area contributed by atoms with Crippen LogP contribution in [-0.2, 0) is 105 Å². The molecule has 5 radical (unpaired) electrons. The minimum atomic E-state index is 0. The molecular formula is C86H70Ir5N14OS-6. The van der Waals surface area contributed by atoms with E-state index in [1.54, 1.807) is 46.7 Å². The van der Waals surface area contributed by atoms with Crippen LogP contribution in [0.15, 0.2) is 278 Å². The molecule has 0 saturated carbocycles. The number of benzene rings is 9. The van der Waals surface area contributed by atoms with Crippen LogP contribution in [0, 0.1) is 92.4 Å². The van der Waals surface area contributed by atoms with Gasteiger partial charge in [0.1, 0.15) is 6.33 Å². The van der Waals surface area contributed by atoms with Gasteiger partial charge in [-0.15, -0.1) is 119 Å². The Morgan fingerprint density at radius 1 is 0.458 bits per heavy atom. The van der Waals surface area contributed by atoms with E-state index in [9.17, 15) is 4.79 Å². The van der Waals surface area contributed by atoms with Gasteiger partial charge in [-0.25, -0.2) is 10.9 Å². The Morgan fingerprint density at radius 2 is 1.00 bits per heavy atom. The fourth-order valence-corrected chi connectivity index (χ4v) is 13.4. The minimum Gasteiger partial charge on any atom is -0.509 e. The van der Waals surface area contributed by atoms with E-state index >= 15 is 0 Å². The molecule has 16 aromatic rings. The Balaban J connectivity index is 0.000000173. The van der Waals surface area contributed by atoms with Crippen LogP contribution in [0.4, 0.5) is 17.1 Å². The fourth-order valence-electron chi connectivity index (χ4n) is 12.8. The molecule has 15 nitrogen and oxygen atoms in total. The van der Waals surface area contributed by atoms with Crippen molar-refractivity contribution in [2.75, 3.05) is 9.80 Å². The van der Waals surface area contributed by atoms with Crippen molar-refractivity contribution < 1.29 is 105 Å². The van der Waals surface area contributed by atoms with E-state index in [2.05, 4.69) is 243 Å². The van der Waals surface area contributed by atoms with Crippen LogP contribution < -0.4 is 9.80 Å². The van der Waals surface area contributed by atoms with E-state index in [1.165, 1.54) is 90.3 Å². The summed E-state index contributed by atoms with van der Waals surface area (Å²) in [6.45, 7) is 19.1. The number of hydrogen-bond donors (Lipinski definition) is 0. The molecular weight excluding hydrogens is 2240 g/mol. The topological polar surface area (TPSA) is 138 Å². The Bertz CT molecular complexity index is 5500. The molecule has 9 aromatic carbocycles. The smallest absolute Gasteiger partial charge is 0.240 e. The Hall–Kier alpha value is -9.63. The summed E-state index contributed by atoms with van der Waals surface area (Å²) in [5.74, 6) is 3.42. The average molecular weight is 2310 g/mol. The van der Waals surface area contributed by atoms with Crippen molar-refractivity contribution in [2.24, 2.45) is 4.99 Å². The maximum absolute atomic E-state index is 10.2. The number of rotatable bonds is 11. The number of fused-ring (bicyclic) bond motifs is 3. The number of thiophene rings is 1. The van der Waals surface area contributed by atoms with Crippen molar-refractivity contribution in [1.82, 2.24) is 53.0 Å². The third kappa shape index (κ3) is 19.4. The van der Waals surface area contributed by atoms with E-state index in [0.717, 1.165) is 56.7 Å². The van der Waals surface area contributed by atoms with E-state index < -0.39 is 0 Å². The average Bonchev–Trinajstić information content (AvgIpc) is 1.60.